The summed E-state index contributed by atoms with van der Waals surface area (Å²) < 4.78 is 5.35. The van der Waals surface area contributed by atoms with Crippen molar-refractivity contribution in [1.29, 1.82) is 0 Å². The number of fused-ring (bicyclic) bond motifs is 1. The minimum absolute atomic E-state index is 0.337. The van der Waals surface area contributed by atoms with Crippen LogP contribution in [-0.4, -0.2) is 29.4 Å². The third kappa shape index (κ3) is 5.06. The largest absolute Gasteiger partial charge is 0.452 e. The highest BCUT2D eigenvalue weighted by molar-refractivity contribution is 6.06. The molecule has 0 saturated carbocycles. The first-order chi connectivity index (χ1) is 14.9. The average molecular weight is 419 g/mol. The Bertz CT molecular complexity index is 1120. The van der Waals surface area contributed by atoms with Gasteiger partial charge in [-0.1, -0.05) is 38.5 Å². The Hall–Kier alpha value is -3.74. The molecule has 2 amide bonds. The van der Waals surface area contributed by atoms with Crippen LogP contribution >= 0.6 is 0 Å². The van der Waals surface area contributed by atoms with Crippen molar-refractivity contribution in [3.63, 3.8) is 0 Å². The van der Waals surface area contributed by atoms with E-state index >= 15 is 0 Å². The minimum Gasteiger partial charge on any atom is -0.452 e. The zero-order chi connectivity index (χ0) is 22.4. The highest BCUT2D eigenvalue weighted by atomic mass is 16.5. The molecule has 0 aliphatic rings. The summed E-state index contributed by atoms with van der Waals surface area (Å²) in [7, 11) is 0. The summed E-state index contributed by atoms with van der Waals surface area (Å²) in [5.74, 6) is -1.58. The topological polar surface area (TPSA) is 111 Å². The molecule has 0 bridgehead atoms. The fraction of sp³-hybridized carbons (Fsp3) is 0.250. The van der Waals surface area contributed by atoms with Gasteiger partial charge in [0.2, 0.25) is 5.91 Å². The first-order valence-corrected chi connectivity index (χ1v) is 10.2. The maximum Gasteiger partial charge on any atom is 0.339 e. The lowest BCUT2D eigenvalue weighted by Crippen LogP contribution is -2.22. The quantitative estimate of drug-likeness (QED) is 0.542. The third-order valence-corrected chi connectivity index (χ3v) is 4.91. The number of carbonyl (C=O) groups excluding carboxylic acids is 3. The number of rotatable bonds is 8. The van der Waals surface area contributed by atoms with Crippen LogP contribution in [0.4, 0.5) is 5.69 Å². The van der Waals surface area contributed by atoms with E-state index in [-0.39, 0.29) is 0 Å². The molecule has 0 atom stereocenters. The second-order valence-electron chi connectivity index (χ2n) is 7.10. The molecule has 0 aliphatic heterocycles. The summed E-state index contributed by atoms with van der Waals surface area (Å²) in [6.45, 7) is 3.61. The molecule has 31 heavy (non-hydrogen) atoms. The van der Waals surface area contributed by atoms with Crippen molar-refractivity contribution in [1.82, 2.24) is 4.98 Å². The number of pyridine rings is 1. The van der Waals surface area contributed by atoms with Crippen molar-refractivity contribution in [3.05, 3.63) is 70.9 Å². The average Bonchev–Trinajstić information content (AvgIpc) is 2.77. The van der Waals surface area contributed by atoms with Crippen LogP contribution in [0.1, 0.15) is 52.2 Å². The molecule has 1 aromatic heterocycles. The molecule has 3 N–H and O–H groups in total. The van der Waals surface area contributed by atoms with Gasteiger partial charge in [-0.3, -0.25) is 14.6 Å². The van der Waals surface area contributed by atoms with E-state index in [1.54, 1.807) is 12.1 Å². The number of amides is 2. The predicted octanol–water partition coefficient (Wildman–Crippen LogP) is 3.64. The summed E-state index contributed by atoms with van der Waals surface area (Å²) in [5.41, 5.74) is 8.95. The van der Waals surface area contributed by atoms with Gasteiger partial charge in [-0.25, -0.2) is 4.79 Å². The van der Waals surface area contributed by atoms with Crippen molar-refractivity contribution in [2.75, 3.05) is 11.9 Å². The number of ether oxygens (including phenoxy) is 1. The van der Waals surface area contributed by atoms with E-state index in [0.717, 1.165) is 29.6 Å². The molecule has 3 rings (SSSR count). The Morgan fingerprint density at radius 2 is 1.74 bits per heavy atom. The Morgan fingerprint density at radius 3 is 2.39 bits per heavy atom. The Labute approximate surface area is 180 Å². The van der Waals surface area contributed by atoms with Crippen LogP contribution in [0.15, 0.2) is 48.5 Å². The molecular formula is C24H25N3O4. The van der Waals surface area contributed by atoms with Crippen LogP contribution in [-0.2, 0) is 22.4 Å². The van der Waals surface area contributed by atoms with Gasteiger partial charge in [-0.05, 0) is 48.7 Å². The fourth-order valence-electron chi connectivity index (χ4n) is 3.48. The van der Waals surface area contributed by atoms with Crippen molar-refractivity contribution < 1.29 is 19.1 Å². The monoisotopic (exact) mass is 419 g/mol. The van der Waals surface area contributed by atoms with E-state index in [1.165, 1.54) is 12.1 Å². The molecular weight excluding hydrogens is 394 g/mol. The predicted molar refractivity (Wildman–Crippen MR) is 119 cm³/mol. The number of primary amides is 1. The van der Waals surface area contributed by atoms with Gasteiger partial charge in [0.15, 0.2) is 6.61 Å². The maximum absolute atomic E-state index is 13.0. The maximum atomic E-state index is 13.0. The highest BCUT2D eigenvalue weighted by Crippen LogP contribution is 2.26. The van der Waals surface area contributed by atoms with Gasteiger partial charge in [0.1, 0.15) is 0 Å². The number of benzene rings is 2. The number of esters is 1. The van der Waals surface area contributed by atoms with E-state index in [9.17, 15) is 14.4 Å². The standard InChI is InChI=1S/C24H25N3O4/c1-3-7-19-17(4-2)22(18-8-5-6-9-20(18)27-19)24(30)31-14-21(28)26-16-12-10-15(11-13-16)23(25)29/h5-6,8-13H,3-4,7,14H2,1-2H3,(H2,25,29)(H,26,28). The first-order valence-electron chi connectivity index (χ1n) is 10.2. The van der Waals surface area contributed by atoms with Gasteiger partial charge in [0.05, 0.1) is 11.1 Å². The zero-order valence-electron chi connectivity index (χ0n) is 17.6. The number of hydrogen-bond donors (Lipinski definition) is 2. The number of hydrogen-bond acceptors (Lipinski definition) is 5. The molecule has 0 unspecified atom stereocenters. The molecule has 2 aromatic carbocycles. The molecule has 3 aromatic rings. The molecule has 0 saturated heterocycles. The van der Waals surface area contributed by atoms with Crippen molar-refractivity contribution in [3.8, 4) is 0 Å². The summed E-state index contributed by atoms with van der Waals surface area (Å²) in [6.07, 6.45) is 2.30. The summed E-state index contributed by atoms with van der Waals surface area (Å²) in [6, 6.07) is 13.6. The zero-order valence-corrected chi connectivity index (χ0v) is 17.6. The van der Waals surface area contributed by atoms with Crippen molar-refractivity contribution in [2.45, 2.75) is 33.1 Å². The van der Waals surface area contributed by atoms with Crippen LogP contribution in [0, 0.1) is 0 Å². The van der Waals surface area contributed by atoms with Gasteiger partial charge in [0, 0.05) is 22.3 Å². The van der Waals surface area contributed by atoms with E-state index in [4.69, 9.17) is 15.5 Å². The van der Waals surface area contributed by atoms with Crippen molar-refractivity contribution >= 4 is 34.4 Å². The second kappa shape index (κ2) is 9.84. The van der Waals surface area contributed by atoms with Gasteiger partial charge < -0.3 is 15.8 Å². The number of nitrogens with one attached hydrogen (secondary N) is 1. The highest BCUT2D eigenvalue weighted by Gasteiger charge is 2.21. The summed E-state index contributed by atoms with van der Waals surface area (Å²) in [5, 5.41) is 3.35. The van der Waals surface area contributed by atoms with Gasteiger partial charge in [-0.2, -0.15) is 0 Å². The van der Waals surface area contributed by atoms with Gasteiger partial charge in [-0.15, -0.1) is 0 Å². The smallest absolute Gasteiger partial charge is 0.339 e. The Kier molecular flexibility index (Phi) is 6.97. The van der Waals surface area contributed by atoms with Gasteiger partial charge >= 0.3 is 5.97 Å². The fourth-order valence-corrected chi connectivity index (χ4v) is 3.48. The lowest BCUT2D eigenvalue weighted by atomic mass is 9.96. The molecule has 0 spiro atoms. The molecule has 0 fully saturated rings. The first kappa shape index (κ1) is 22.0. The summed E-state index contributed by atoms with van der Waals surface area (Å²) in [4.78, 5) is 41.1. The number of anilines is 1. The second-order valence-corrected chi connectivity index (χ2v) is 7.10. The molecule has 7 nitrogen and oxygen atoms in total. The molecule has 0 radical (unpaired) electrons. The van der Waals surface area contributed by atoms with E-state index in [0.29, 0.717) is 28.6 Å². The van der Waals surface area contributed by atoms with Crippen LogP contribution in [0.5, 0.6) is 0 Å². The number of aryl methyl sites for hydroxylation is 1. The number of para-hydroxylation sites is 1. The Balaban J connectivity index is 1.78. The summed E-state index contributed by atoms with van der Waals surface area (Å²) >= 11 is 0. The van der Waals surface area contributed by atoms with E-state index < -0.39 is 24.4 Å². The lowest BCUT2D eigenvalue weighted by molar-refractivity contribution is -0.119. The molecule has 7 heteroatoms. The lowest BCUT2D eigenvalue weighted by Gasteiger charge is -2.15. The van der Waals surface area contributed by atoms with Crippen LogP contribution < -0.4 is 11.1 Å². The van der Waals surface area contributed by atoms with Crippen molar-refractivity contribution in [2.24, 2.45) is 5.73 Å². The molecule has 0 aliphatic carbocycles. The minimum atomic E-state index is -0.550. The van der Waals surface area contributed by atoms with E-state index in [1.807, 2.05) is 31.2 Å². The SMILES string of the molecule is CCCc1nc2ccccc2c(C(=O)OCC(=O)Nc2ccc(C(N)=O)cc2)c1CC. The van der Waals surface area contributed by atoms with E-state index in [2.05, 4.69) is 12.2 Å². The van der Waals surface area contributed by atoms with Crippen LogP contribution in [0.3, 0.4) is 0 Å². The molecule has 160 valence electrons. The number of carbonyl (C=O) groups is 3. The normalized spacial score (nSPS) is 10.6. The van der Waals surface area contributed by atoms with Gasteiger partial charge in [0.25, 0.3) is 5.91 Å². The molecule has 1 heterocycles. The Morgan fingerprint density at radius 1 is 1.03 bits per heavy atom. The van der Waals surface area contributed by atoms with Crippen LogP contribution in [0.25, 0.3) is 10.9 Å². The number of nitrogens with two attached hydrogens (primary N) is 1. The number of aromatic nitrogens is 1. The number of nitrogens with zero attached hydrogens (tertiary/aromatic N) is 1. The van der Waals surface area contributed by atoms with Crippen LogP contribution in [0.2, 0.25) is 0 Å². The third-order valence-electron chi connectivity index (χ3n) is 4.91.